The van der Waals surface area contributed by atoms with E-state index >= 15 is 0 Å². The summed E-state index contributed by atoms with van der Waals surface area (Å²) in [5, 5.41) is 0. The molecule has 0 bridgehead atoms. The highest BCUT2D eigenvalue weighted by Crippen LogP contribution is 2.25. The second kappa shape index (κ2) is 7.34. The second-order valence-electron chi connectivity index (χ2n) is 5.81. The Balaban J connectivity index is 1.73. The van der Waals surface area contributed by atoms with E-state index in [1.54, 1.807) is 18.1 Å². The fourth-order valence-electron chi connectivity index (χ4n) is 2.76. The molecule has 0 radical (unpaired) electrons. The Bertz CT molecular complexity index is 715. The van der Waals surface area contributed by atoms with Gasteiger partial charge in [-0.3, -0.25) is 4.79 Å². The van der Waals surface area contributed by atoms with Crippen molar-refractivity contribution in [2.75, 3.05) is 20.4 Å². The van der Waals surface area contributed by atoms with E-state index in [-0.39, 0.29) is 18.5 Å². The number of carbonyl (C=O) groups excluding carboxylic acids is 1. The van der Waals surface area contributed by atoms with E-state index in [1.807, 2.05) is 24.3 Å². The summed E-state index contributed by atoms with van der Waals surface area (Å²) in [6.07, 6.45) is 2.03. The number of rotatable bonds is 6. The van der Waals surface area contributed by atoms with Gasteiger partial charge in [0, 0.05) is 25.5 Å². The zero-order chi connectivity index (χ0) is 16.9. The van der Waals surface area contributed by atoms with Crippen LogP contribution in [0.4, 0.5) is 4.39 Å². The van der Waals surface area contributed by atoms with Crippen LogP contribution < -0.4 is 9.47 Å². The third kappa shape index (κ3) is 3.85. The van der Waals surface area contributed by atoms with E-state index in [9.17, 15) is 9.18 Å². The van der Waals surface area contributed by atoms with E-state index in [0.29, 0.717) is 25.1 Å². The van der Waals surface area contributed by atoms with Crippen molar-refractivity contribution in [2.45, 2.75) is 19.3 Å². The molecule has 0 saturated carbocycles. The molecule has 5 heteroatoms. The molecule has 0 aromatic heterocycles. The van der Waals surface area contributed by atoms with Crippen molar-refractivity contribution in [1.29, 1.82) is 0 Å². The largest absolute Gasteiger partial charge is 0.497 e. The van der Waals surface area contributed by atoms with Crippen LogP contribution in [0.25, 0.3) is 0 Å². The number of likely N-dealkylation sites (tertiary alicyclic amines) is 1. The molecule has 0 atom stereocenters. The predicted molar refractivity (Wildman–Crippen MR) is 88.6 cm³/mol. The van der Waals surface area contributed by atoms with Crippen molar-refractivity contribution in [3.63, 3.8) is 0 Å². The number of hydrogen-bond acceptors (Lipinski definition) is 3. The van der Waals surface area contributed by atoms with Gasteiger partial charge in [-0.2, -0.15) is 0 Å². The fraction of sp³-hybridized carbons (Fsp3) is 0.316. The molecule has 1 aliphatic rings. The van der Waals surface area contributed by atoms with Crippen molar-refractivity contribution in [3.8, 4) is 11.5 Å². The monoisotopic (exact) mass is 329 g/mol. The molecule has 3 rings (SSSR count). The predicted octanol–water partition coefficient (Wildman–Crippen LogP) is 3.38. The van der Waals surface area contributed by atoms with Crippen LogP contribution in [0.2, 0.25) is 0 Å². The van der Waals surface area contributed by atoms with Crippen molar-refractivity contribution >= 4 is 5.91 Å². The number of ether oxygens (including phenoxy) is 2. The molecule has 0 spiro atoms. The molecule has 2 aromatic carbocycles. The molecule has 1 heterocycles. The molecule has 4 nitrogen and oxygen atoms in total. The van der Waals surface area contributed by atoms with Crippen LogP contribution in [0, 0.1) is 5.82 Å². The molecule has 0 unspecified atom stereocenters. The minimum Gasteiger partial charge on any atom is -0.497 e. The Morgan fingerprint density at radius 1 is 1.17 bits per heavy atom. The zero-order valence-corrected chi connectivity index (χ0v) is 13.6. The first-order chi connectivity index (χ1) is 11.7. The number of methoxy groups -OCH3 is 1. The number of nitrogens with zero attached hydrogens (tertiary/aromatic N) is 1. The molecule has 0 aliphatic carbocycles. The number of amides is 1. The van der Waals surface area contributed by atoms with Gasteiger partial charge in [0.05, 0.1) is 7.11 Å². The van der Waals surface area contributed by atoms with Gasteiger partial charge < -0.3 is 14.4 Å². The van der Waals surface area contributed by atoms with Gasteiger partial charge in [-0.25, -0.2) is 4.39 Å². The molecule has 1 aliphatic heterocycles. The lowest BCUT2D eigenvalue weighted by Crippen LogP contribution is -2.29. The van der Waals surface area contributed by atoms with E-state index in [4.69, 9.17) is 9.47 Å². The van der Waals surface area contributed by atoms with E-state index in [2.05, 4.69) is 0 Å². The molecule has 2 aromatic rings. The molecule has 1 amide bonds. The lowest BCUT2D eigenvalue weighted by molar-refractivity contribution is -0.130. The van der Waals surface area contributed by atoms with Crippen LogP contribution in [0.3, 0.4) is 0 Å². The van der Waals surface area contributed by atoms with Crippen LogP contribution in [0.15, 0.2) is 42.5 Å². The number of hydrogen-bond donors (Lipinski definition) is 0. The standard InChI is InChI=1S/C19H20FNO3/c1-23-17-8-4-14(5-9-17)11-15-6-7-16(20)12-18(15)24-13-21-10-2-3-19(21)22/h4-9,12H,2-3,10-11,13H2,1H3. The van der Waals surface area contributed by atoms with Crippen molar-refractivity contribution in [2.24, 2.45) is 0 Å². The van der Waals surface area contributed by atoms with Crippen molar-refractivity contribution < 1.29 is 18.7 Å². The van der Waals surface area contributed by atoms with Gasteiger partial charge in [0.25, 0.3) is 0 Å². The van der Waals surface area contributed by atoms with Gasteiger partial charge in [0.1, 0.15) is 17.3 Å². The maximum absolute atomic E-state index is 13.6. The smallest absolute Gasteiger partial charge is 0.225 e. The zero-order valence-electron chi connectivity index (χ0n) is 13.6. The quantitative estimate of drug-likeness (QED) is 0.815. The van der Waals surface area contributed by atoms with E-state index < -0.39 is 0 Å². The van der Waals surface area contributed by atoms with Gasteiger partial charge in [-0.15, -0.1) is 0 Å². The van der Waals surface area contributed by atoms with Crippen LogP contribution in [0.1, 0.15) is 24.0 Å². The highest BCUT2D eigenvalue weighted by molar-refractivity contribution is 5.77. The summed E-state index contributed by atoms with van der Waals surface area (Å²) in [5.41, 5.74) is 1.96. The molecule has 126 valence electrons. The summed E-state index contributed by atoms with van der Waals surface area (Å²) in [6, 6.07) is 12.2. The van der Waals surface area contributed by atoms with Gasteiger partial charge in [0.15, 0.2) is 6.73 Å². The highest BCUT2D eigenvalue weighted by atomic mass is 19.1. The Morgan fingerprint density at radius 3 is 2.62 bits per heavy atom. The second-order valence-corrected chi connectivity index (χ2v) is 5.81. The molecule has 1 saturated heterocycles. The third-order valence-corrected chi connectivity index (χ3v) is 4.13. The summed E-state index contributed by atoms with van der Waals surface area (Å²) in [6.45, 7) is 0.861. The molecular weight excluding hydrogens is 309 g/mol. The fourth-order valence-corrected chi connectivity index (χ4v) is 2.76. The van der Waals surface area contributed by atoms with E-state index in [1.165, 1.54) is 12.1 Å². The average Bonchev–Trinajstić information content (AvgIpc) is 3.01. The first-order valence-electron chi connectivity index (χ1n) is 7.97. The molecule has 0 N–H and O–H groups in total. The highest BCUT2D eigenvalue weighted by Gasteiger charge is 2.20. The van der Waals surface area contributed by atoms with Gasteiger partial charge >= 0.3 is 0 Å². The SMILES string of the molecule is COc1ccc(Cc2ccc(F)cc2OCN2CCCC2=O)cc1. The van der Waals surface area contributed by atoms with Crippen LogP contribution >= 0.6 is 0 Å². The molecular formula is C19H20FNO3. The summed E-state index contributed by atoms with van der Waals surface area (Å²) >= 11 is 0. The van der Waals surface area contributed by atoms with E-state index in [0.717, 1.165) is 23.3 Å². The maximum Gasteiger partial charge on any atom is 0.225 e. The number of benzene rings is 2. The molecule has 24 heavy (non-hydrogen) atoms. The van der Waals surface area contributed by atoms with Crippen LogP contribution in [-0.2, 0) is 11.2 Å². The minimum absolute atomic E-state index is 0.0862. The maximum atomic E-state index is 13.6. The van der Waals surface area contributed by atoms with Crippen molar-refractivity contribution in [3.05, 3.63) is 59.4 Å². The van der Waals surface area contributed by atoms with Crippen molar-refractivity contribution in [1.82, 2.24) is 4.90 Å². The third-order valence-electron chi connectivity index (χ3n) is 4.13. The minimum atomic E-state index is -0.351. The Hall–Kier alpha value is -2.56. The summed E-state index contributed by atoms with van der Waals surface area (Å²) < 4.78 is 24.5. The lowest BCUT2D eigenvalue weighted by atomic mass is 10.0. The first kappa shape index (κ1) is 16.3. The Morgan fingerprint density at radius 2 is 1.96 bits per heavy atom. The summed E-state index contributed by atoms with van der Waals surface area (Å²) in [5.74, 6) is 1.01. The number of halogens is 1. The topological polar surface area (TPSA) is 38.8 Å². The van der Waals surface area contributed by atoms with Gasteiger partial charge in [-0.05, 0) is 35.7 Å². The summed E-state index contributed by atoms with van der Waals surface area (Å²) in [4.78, 5) is 13.3. The van der Waals surface area contributed by atoms with Crippen LogP contribution in [-0.4, -0.2) is 31.2 Å². The normalized spacial score (nSPS) is 14.1. The summed E-state index contributed by atoms with van der Waals surface area (Å²) in [7, 11) is 1.63. The van der Waals surface area contributed by atoms with Gasteiger partial charge in [0.2, 0.25) is 5.91 Å². The first-order valence-corrected chi connectivity index (χ1v) is 7.97. The average molecular weight is 329 g/mol. The van der Waals surface area contributed by atoms with Crippen LogP contribution in [0.5, 0.6) is 11.5 Å². The lowest BCUT2D eigenvalue weighted by Gasteiger charge is -2.18. The Labute approximate surface area is 140 Å². The van der Waals surface area contributed by atoms with Gasteiger partial charge in [-0.1, -0.05) is 18.2 Å². The Kier molecular flexibility index (Phi) is 4.99. The molecule has 1 fully saturated rings. The number of carbonyl (C=O) groups is 1.